The third kappa shape index (κ3) is 5.07. The van der Waals surface area contributed by atoms with Gasteiger partial charge in [0.2, 0.25) is 0 Å². The third-order valence-corrected chi connectivity index (χ3v) is 4.09. The van der Waals surface area contributed by atoms with Gasteiger partial charge in [0.15, 0.2) is 0 Å². The zero-order valence-electron chi connectivity index (χ0n) is 13.1. The standard InChI is InChI=1S/C18H26O3/c1-13(2)4-3-5-16-9-8-15-12-14(7-11-18(19)20)6-10-17(15)21-16/h6,10,12-13,16H,3-5,7-9,11H2,1-2H3,(H,19,20)/t16-/m1/s1. The highest BCUT2D eigenvalue weighted by Crippen LogP contribution is 2.30. The van der Waals surface area contributed by atoms with Crippen LogP contribution in [-0.2, 0) is 17.6 Å². The van der Waals surface area contributed by atoms with Crippen molar-refractivity contribution in [2.75, 3.05) is 0 Å². The number of aryl methyl sites for hydroxylation is 2. The SMILES string of the molecule is CC(C)CCC[C@@H]1CCc2cc(CCC(=O)O)ccc2O1. The number of aliphatic carboxylic acids is 1. The molecule has 0 saturated heterocycles. The summed E-state index contributed by atoms with van der Waals surface area (Å²) in [5, 5.41) is 8.74. The smallest absolute Gasteiger partial charge is 0.303 e. The summed E-state index contributed by atoms with van der Waals surface area (Å²) in [7, 11) is 0. The second-order valence-corrected chi connectivity index (χ2v) is 6.44. The number of rotatable bonds is 7. The number of carbonyl (C=O) groups is 1. The summed E-state index contributed by atoms with van der Waals surface area (Å²) in [6.07, 6.45) is 6.89. The Morgan fingerprint density at radius 1 is 1.43 bits per heavy atom. The molecular weight excluding hydrogens is 264 g/mol. The van der Waals surface area contributed by atoms with Gasteiger partial charge >= 0.3 is 5.97 Å². The summed E-state index contributed by atoms with van der Waals surface area (Å²) in [4.78, 5) is 10.6. The highest BCUT2D eigenvalue weighted by atomic mass is 16.5. The molecule has 0 aliphatic carbocycles. The van der Waals surface area contributed by atoms with E-state index >= 15 is 0 Å². The summed E-state index contributed by atoms with van der Waals surface area (Å²) in [5.41, 5.74) is 2.33. The fourth-order valence-corrected chi connectivity index (χ4v) is 2.86. The van der Waals surface area contributed by atoms with Crippen molar-refractivity contribution in [3.8, 4) is 5.75 Å². The Hall–Kier alpha value is -1.51. The van der Waals surface area contributed by atoms with E-state index in [1.165, 1.54) is 18.4 Å². The number of carboxylic acids is 1. The molecule has 0 bridgehead atoms. The number of hydrogen-bond acceptors (Lipinski definition) is 2. The Kier molecular flexibility index (Phi) is 5.66. The first-order valence-corrected chi connectivity index (χ1v) is 8.05. The van der Waals surface area contributed by atoms with Gasteiger partial charge in [0.25, 0.3) is 0 Å². The van der Waals surface area contributed by atoms with Crippen molar-refractivity contribution in [3.05, 3.63) is 29.3 Å². The Morgan fingerprint density at radius 2 is 2.24 bits per heavy atom. The molecule has 1 aliphatic rings. The van der Waals surface area contributed by atoms with Crippen molar-refractivity contribution >= 4 is 5.97 Å². The lowest BCUT2D eigenvalue weighted by atomic mass is 9.95. The molecule has 0 unspecified atom stereocenters. The molecule has 0 spiro atoms. The molecule has 3 nitrogen and oxygen atoms in total. The van der Waals surface area contributed by atoms with Crippen LogP contribution in [0, 0.1) is 5.92 Å². The predicted octanol–water partition coefficient (Wildman–Crippen LogP) is 4.22. The molecule has 1 N–H and O–H groups in total. The quantitative estimate of drug-likeness (QED) is 0.817. The maximum absolute atomic E-state index is 10.6. The summed E-state index contributed by atoms with van der Waals surface area (Å²) >= 11 is 0. The molecule has 0 saturated carbocycles. The zero-order chi connectivity index (χ0) is 15.2. The fraction of sp³-hybridized carbons (Fsp3) is 0.611. The molecule has 1 atom stereocenters. The van der Waals surface area contributed by atoms with Gasteiger partial charge in [-0.2, -0.15) is 0 Å². The van der Waals surface area contributed by atoms with Gasteiger partial charge in [-0.1, -0.05) is 32.4 Å². The molecule has 116 valence electrons. The van der Waals surface area contributed by atoms with E-state index in [9.17, 15) is 4.79 Å². The van der Waals surface area contributed by atoms with Crippen LogP contribution in [0.15, 0.2) is 18.2 Å². The number of hydrogen-bond donors (Lipinski definition) is 1. The average Bonchev–Trinajstić information content (AvgIpc) is 2.44. The number of benzene rings is 1. The van der Waals surface area contributed by atoms with Gasteiger partial charge in [0.05, 0.1) is 6.10 Å². The van der Waals surface area contributed by atoms with E-state index in [2.05, 4.69) is 19.9 Å². The molecule has 2 rings (SSSR count). The van der Waals surface area contributed by atoms with Crippen molar-refractivity contribution in [3.63, 3.8) is 0 Å². The lowest BCUT2D eigenvalue weighted by molar-refractivity contribution is -0.136. The second-order valence-electron chi connectivity index (χ2n) is 6.44. The Morgan fingerprint density at radius 3 is 2.95 bits per heavy atom. The van der Waals surface area contributed by atoms with Gasteiger partial charge in [-0.15, -0.1) is 0 Å². The van der Waals surface area contributed by atoms with Crippen LogP contribution >= 0.6 is 0 Å². The van der Waals surface area contributed by atoms with Crippen LogP contribution in [0.25, 0.3) is 0 Å². The van der Waals surface area contributed by atoms with Crippen LogP contribution in [0.5, 0.6) is 5.75 Å². The molecule has 1 aromatic rings. The van der Waals surface area contributed by atoms with Crippen LogP contribution in [0.4, 0.5) is 0 Å². The number of carboxylic acid groups (broad SMARTS) is 1. The predicted molar refractivity (Wildman–Crippen MR) is 83.8 cm³/mol. The van der Waals surface area contributed by atoms with Gasteiger partial charge in [0.1, 0.15) is 5.75 Å². The van der Waals surface area contributed by atoms with E-state index in [-0.39, 0.29) is 6.42 Å². The first-order valence-electron chi connectivity index (χ1n) is 8.05. The number of ether oxygens (including phenoxy) is 1. The topological polar surface area (TPSA) is 46.5 Å². The molecule has 21 heavy (non-hydrogen) atoms. The van der Waals surface area contributed by atoms with E-state index in [0.717, 1.165) is 36.5 Å². The van der Waals surface area contributed by atoms with E-state index in [1.807, 2.05) is 12.1 Å². The first-order chi connectivity index (χ1) is 10.0. The number of fused-ring (bicyclic) bond motifs is 1. The highest BCUT2D eigenvalue weighted by Gasteiger charge is 2.19. The summed E-state index contributed by atoms with van der Waals surface area (Å²) < 4.78 is 6.08. The van der Waals surface area contributed by atoms with Crippen molar-refractivity contribution in [2.45, 2.75) is 64.9 Å². The van der Waals surface area contributed by atoms with Crippen LogP contribution in [0.3, 0.4) is 0 Å². The molecule has 0 radical (unpaired) electrons. The van der Waals surface area contributed by atoms with Crippen LogP contribution in [0.1, 0.15) is 57.1 Å². The van der Waals surface area contributed by atoms with Crippen molar-refractivity contribution in [1.82, 2.24) is 0 Å². The van der Waals surface area contributed by atoms with Crippen molar-refractivity contribution in [1.29, 1.82) is 0 Å². The largest absolute Gasteiger partial charge is 0.490 e. The molecule has 1 heterocycles. The first kappa shape index (κ1) is 15.9. The lowest BCUT2D eigenvalue weighted by Crippen LogP contribution is -2.22. The maximum Gasteiger partial charge on any atom is 0.303 e. The Bertz CT molecular complexity index is 479. The van der Waals surface area contributed by atoms with Crippen molar-refractivity contribution < 1.29 is 14.6 Å². The molecule has 0 fully saturated rings. The normalized spacial score (nSPS) is 17.4. The third-order valence-electron chi connectivity index (χ3n) is 4.09. The maximum atomic E-state index is 10.6. The second kappa shape index (κ2) is 7.48. The Labute approximate surface area is 127 Å². The van der Waals surface area contributed by atoms with Gasteiger partial charge in [0, 0.05) is 6.42 Å². The van der Waals surface area contributed by atoms with Crippen LogP contribution in [-0.4, -0.2) is 17.2 Å². The summed E-state index contributed by atoms with van der Waals surface area (Å²) in [6, 6.07) is 6.13. The monoisotopic (exact) mass is 290 g/mol. The summed E-state index contributed by atoms with van der Waals surface area (Å²) in [5.74, 6) is 1.02. The fourth-order valence-electron chi connectivity index (χ4n) is 2.86. The van der Waals surface area contributed by atoms with Gasteiger partial charge in [-0.25, -0.2) is 0 Å². The minimum absolute atomic E-state index is 0.192. The average molecular weight is 290 g/mol. The molecule has 3 heteroatoms. The van der Waals surface area contributed by atoms with E-state index < -0.39 is 5.97 Å². The highest BCUT2D eigenvalue weighted by molar-refractivity contribution is 5.67. The van der Waals surface area contributed by atoms with Gasteiger partial charge in [-0.05, 0) is 55.2 Å². The Balaban J connectivity index is 1.88. The molecule has 1 aromatic carbocycles. The van der Waals surface area contributed by atoms with E-state index in [1.54, 1.807) is 0 Å². The zero-order valence-corrected chi connectivity index (χ0v) is 13.1. The lowest BCUT2D eigenvalue weighted by Gasteiger charge is -2.26. The molecule has 0 aromatic heterocycles. The van der Waals surface area contributed by atoms with Crippen LogP contribution < -0.4 is 4.74 Å². The molecule has 0 amide bonds. The molecule has 1 aliphatic heterocycles. The minimum Gasteiger partial charge on any atom is -0.490 e. The van der Waals surface area contributed by atoms with E-state index in [4.69, 9.17) is 9.84 Å². The molecular formula is C18H26O3. The van der Waals surface area contributed by atoms with Crippen LogP contribution in [0.2, 0.25) is 0 Å². The van der Waals surface area contributed by atoms with Gasteiger partial charge in [-0.3, -0.25) is 4.79 Å². The minimum atomic E-state index is -0.741. The van der Waals surface area contributed by atoms with Crippen molar-refractivity contribution in [2.24, 2.45) is 5.92 Å². The summed E-state index contributed by atoms with van der Waals surface area (Å²) in [6.45, 7) is 4.52. The van der Waals surface area contributed by atoms with Gasteiger partial charge < -0.3 is 9.84 Å². The van der Waals surface area contributed by atoms with E-state index in [0.29, 0.717) is 12.5 Å².